The monoisotopic (exact) mass is 208 g/mol. The highest BCUT2D eigenvalue weighted by Crippen LogP contribution is 1.95. The van der Waals surface area contributed by atoms with Crippen LogP contribution >= 0.6 is 22.6 Å². The first-order valence-electron chi connectivity index (χ1n) is 2.36. The zero-order valence-electron chi connectivity index (χ0n) is 4.66. The van der Waals surface area contributed by atoms with E-state index in [1.807, 2.05) is 0 Å². The highest BCUT2D eigenvalue weighted by molar-refractivity contribution is 14.1. The lowest BCUT2D eigenvalue weighted by Gasteiger charge is -1.90. The number of hydrogen-bond acceptors (Lipinski definition) is 0. The summed E-state index contributed by atoms with van der Waals surface area (Å²) in [6, 6.07) is 0. The van der Waals surface area contributed by atoms with E-state index in [0.717, 1.165) is 12.3 Å². The lowest BCUT2D eigenvalue weighted by atomic mass is 10.1. The molecule has 0 rings (SSSR count). The maximum atomic E-state index is 2.98. The van der Waals surface area contributed by atoms with Gasteiger partial charge >= 0.3 is 0 Å². The molecule has 0 saturated carbocycles. The Labute approximate surface area is 58.8 Å². The summed E-state index contributed by atoms with van der Waals surface area (Å²) >= 11 is 2.06. The van der Waals surface area contributed by atoms with Gasteiger partial charge in [0.15, 0.2) is 0 Å². The van der Waals surface area contributed by atoms with Gasteiger partial charge in [-0.3, -0.25) is 0 Å². The summed E-state index contributed by atoms with van der Waals surface area (Å²) in [7, 11) is 0. The van der Waals surface area contributed by atoms with Crippen molar-refractivity contribution >= 4 is 22.6 Å². The van der Waals surface area contributed by atoms with Crippen molar-refractivity contribution in [1.29, 1.82) is 0 Å². The van der Waals surface area contributed by atoms with Gasteiger partial charge in [-0.2, -0.15) is 0 Å². The summed E-state index contributed by atoms with van der Waals surface area (Å²) < 4.78 is 2.82. The van der Waals surface area contributed by atoms with Gasteiger partial charge in [0.2, 0.25) is 0 Å². The molecule has 0 N–H and O–H groups in total. The van der Waals surface area contributed by atoms with E-state index in [-0.39, 0.29) is 0 Å². The normalized spacial score (nSPS) is 8.00. The quantitative estimate of drug-likeness (QED) is 0.458. The fourth-order valence-corrected chi connectivity index (χ4v) is 0.463. The summed E-state index contributed by atoms with van der Waals surface area (Å²) in [5.41, 5.74) is 0. The summed E-state index contributed by atoms with van der Waals surface area (Å²) in [6.07, 6.45) is 1.03. The van der Waals surface area contributed by atoms with E-state index >= 15 is 0 Å². The van der Waals surface area contributed by atoms with Crippen LogP contribution in [-0.4, -0.2) is 0 Å². The SMILES string of the molecule is CC(C)CC#CI. The van der Waals surface area contributed by atoms with Crippen LogP contribution in [0.1, 0.15) is 20.3 Å². The molecule has 0 nitrogen and oxygen atoms in total. The summed E-state index contributed by atoms with van der Waals surface area (Å²) in [5.74, 6) is 3.71. The van der Waals surface area contributed by atoms with Crippen LogP contribution in [0.3, 0.4) is 0 Å². The van der Waals surface area contributed by atoms with E-state index in [4.69, 9.17) is 0 Å². The number of hydrogen-bond donors (Lipinski definition) is 0. The van der Waals surface area contributed by atoms with Crippen LogP contribution in [-0.2, 0) is 0 Å². The molecule has 0 aromatic carbocycles. The van der Waals surface area contributed by atoms with E-state index in [1.165, 1.54) is 0 Å². The third-order valence-corrected chi connectivity index (χ3v) is 0.959. The van der Waals surface area contributed by atoms with Crippen molar-refractivity contribution in [3.05, 3.63) is 0 Å². The van der Waals surface area contributed by atoms with Gasteiger partial charge in [0.05, 0.1) is 0 Å². The Balaban J connectivity index is 3.08. The van der Waals surface area contributed by atoms with E-state index in [2.05, 4.69) is 46.3 Å². The summed E-state index contributed by atoms with van der Waals surface area (Å²) in [5, 5.41) is 0. The van der Waals surface area contributed by atoms with Crippen molar-refractivity contribution in [2.75, 3.05) is 0 Å². The molecule has 0 spiro atoms. The third-order valence-electron chi connectivity index (χ3n) is 0.577. The second-order valence-corrected chi connectivity index (χ2v) is 2.41. The molecule has 40 valence electrons. The molecule has 0 saturated heterocycles. The molecule has 0 fully saturated rings. The Bertz CT molecular complexity index is 84.1. The minimum Gasteiger partial charge on any atom is -0.0916 e. The summed E-state index contributed by atoms with van der Waals surface area (Å²) in [4.78, 5) is 0. The highest BCUT2D eigenvalue weighted by atomic mass is 127. The predicted molar refractivity (Wildman–Crippen MR) is 41.3 cm³/mol. The predicted octanol–water partition coefficient (Wildman–Crippen LogP) is 2.43. The van der Waals surface area contributed by atoms with Gasteiger partial charge in [0.25, 0.3) is 0 Å². The Kier molecular flexibility index (Phi) is 4.63. The molecule has 0 aliphatic rings. The molecule has 1 heteroatoms. The zero-order valence-corrected chi connectivity index (χ0v) is 6.82. The van der Waals surface area contributed by atoms with Gasteiger partial charge in [-0.15, -0.1) is 0 Å². The average Bonchev–Trinajstić information content (AvgIpc) is 1.61. The standard InChI is InChI=1S/C6H9I/c1-6(2)4-3-5-7/h6H,4H2,1-2H3. The molecule has 0 aliphatic carbocycles. The van der Waals surface area contributed by atoms with Crippen LogP contribution in [0, 0.1) is 15.8 Å². The van der Waals surface area contributed by atoms with Crippen LogP contribution in [0.5, 0.6) is 0 Å². The Morgan fingerprint density at radius 3 is 2.29 bits per heavy atom. The van der Waals surface area contributed by atoms with Crippen molar-refractivity contribution in [1.82, 2.24) is 0 Å². The van der Waals surface area contributed by atoms with Crippen LogP contribution in [0.25, 0.3) is 0 Å². The van der Waals surface area contributed by atoms with Crippen molar-refractivity contribution in [2.24, 2.45) is 5.92 Å². The van der Waals surface area contributed by atoms with Gasteiger partial charge in [0.1, 0.15) is 0 Å². The highest BCUT2D eigenvalue weighted by Gasteiger charge is 1.84. The van der Waals surface area contributed by atoms with E-state index in [1.54, 1.807) is 0 Å². The number of rotatable bonds is 1. The van der Waals surface area contributed by atoms with Crippen LogP contribution in [0.2, 0.25) is 0 Å². The average molecular weight is 208 g/mol. The van der Waals surface area contributed by atoms with E-state index in [9.17, 15) is 0 Å². The first kappa shape index (κ1) is 7.29. The van der Waals surface area contributed by atoms with Crippen LogP contribution in [0.15, 0.2) is 0 Å². The molecule has 0 radical (unpaired) electrons. The largest absolute Gasteiger partial charge is 0.0916 e. The topological polar surface area (TPSA) is 0 Å². The lowest BCUT2D eigenvalue weighted by molar-refractivity contribution is 0.676. The molecular formula is C6H9I. The van der Waals surface area contributed by atoms with Gasteiger partial charge in [-0.05, 0) is 9.85 Å². The zero-order chi connectivity index (χ0) is 5.70. The molecular weight excluding hydrogens is 199 g/mol. The van der Waals surface area contributed by atoms with Gasteiger partial charge < -0.3 is 0 Å². The molecule has 0 atom stereocenters. The first-order valence-corrected chi connectivity index (χ1v) is 3.43. The minimum absolute atomic E-state index is 0.724. The lowest BCUT2D eigenvalue weighted by Crippen LogP contribution is -1.80. The van der Waals surface area contributed by atoms with Crippen LogP contribution in [0.4, 0.5) is 0 Å². The molecule has 0 aromatic heterocycles. The Morgan fingerprint density at radius 1 is 1.57 bits per heavy atom. The van der Waals surface area contributed by atoms with Crippen molar-refractivity contribution in [3.63, 3.8) is 0 Å². The molecule has 0 unspecified atom stereocenters. The fraction of sp³-hybridized carbons (Fsp3) is 0.667. The van der Waals surface area contributed by atoms with E-state index in [0.29, 0.717) is 0 Å². The van der Waals surface area contributed by atoms with Crippen molar-refractivity contribution < 1.29 is 0 Å². The van der Waals surface area contributed by atoms with Crippen LogP contribution < -0.4 is 0 Å². The fourth-order valence-electron chi connectivity index (χ4n) is 0.243. The molecule has 0 bridgehead atoms. The maximum absolute atomic E-state index is 2.98. The summed E-state index contributed by atoms with van der Waals surface area (Å²) in [6.45, 7) is 4.34. The second-order valence-electron chi connectivity index (χ2n) is 1.87. The minimum atomic E-state index is 0.724. The molecule has 0 amide bonds. The smallest absolute Gasteiger partial charge is 0.0181 e. The molecule has 0 heterocycles. The van der Waals surface area contributed by atoms with Gasteiger partial charge in [-0.25, -0.2) is 0 Å². The first-order chi connectivity index (χ1) is 3.27. The number of halogens is 1. The van der Waals surface area contributed by atoms with E-state index < -0.39 is 0 Å². The van der Waals surface area contributed by atoms with Gasteiger partial charge in [0, 0.05) is 29.0 Å². The Morgan fingerprint density at radius 2 is 2.14 bits per heavy atom. The molecule has 0 aliphatic heterocycles. The van der Waals surface area contributed by atoms with Crippen molar-refractivity contribution in [3.8, 4) is 9.85 Å². The molecule has 7 heavy (non-hydrogen) atoms. The third kappa shape index (κ3) is 6.29. The Hall–Kier alpha value is 0.290. The second kappa shape index (κ2) is 4.45. The van der Waals surface area contributed by atoms with Gasteiger partial charge in [-0.1, -0.05) is 19.8 Å². The van der Waals surface area contributed by atoms with Crippen molar-refractivity contribution in [2.45, 2.75) is 20.3 Å². The maximum Gasteiger partial charge on any atom is 0.0181 e. The molecule has 0 aromatic rings.